The minimum absolute atomic E-state index is 0.261. The second-order valence-electron chi connectivity index (χ2n) is 5.61. The quantitative estimate of drug-likeness (QED) is 0.828. The Bertz CT molecular complexity index is 648. The lowest BCUT2D eigenvalue weighted by Crippen LogP contribution is -2.41. The summed E-state index contributed by atoms with van der Waals surface area (Å²) in [5.74, 6) is 1.41. The van der Waals surface area contributed by atoms with Gasteiger partial charge in [0, 0.05) is 19.2 Å². The third-order valence-electron chi connectivity index (χ3n) is 3.23. The number of hydrogen-bond acceptors (Lipinski definition) is 4. The second-order valence-corrected chi connectivity index (χ2v) is 5.61. The number of benzene rings is 1. The summed E-state index contributed by atoms with van der Waals surface area (Å²) >= 11 is 0. The molecule has 1 amide bonds. The highest BCUT2D eigenvalue weighted by Crippen LogP contribution is 2.20. The molecule has 0 fully saturated rings. The van der Waals surface area contributed by atoms with E-state index in [4.69, 9.17) is 5.73 Å². The minimum Gasteiger partial charge on any atom is -0.383 e. The normalized spacial score (nSPS) is 11.2. The van der Waals surface area contributed by atoms with Crippen LogP contribution < -0.4 is 11.2 Å². The van der Waals surface area contributed by atoms with Gasteiger partial charge in [-0.3, -0.25) is 10.2 Å². The highest BCUT2D eigenvalue weighted by molar-refractivity contribution is 5.94. The lowest BCUT2D eigenvalue weighted by molar-refractivity contribution is 0.0828. The third-order valence-corrected chi connectivity index (χ3v) is 3.23. The molecule has 0 atom stereocenters. The number of amides is 1. The molecule has 3 N–H and O–H groups in total. The number of hydrazine groups is 1. The summed E-state index contributed by atoms with van der Waals surface area (Å²) < 4.78 is 1.58. The summed E-state index contributed by atoms with van der Waals surface area (Å²) in [5, 5.41) is 6.09. The lowest BCUT2D eigenvalue weighted by Gasteiger charge is -2.19. The van der Waals surface area contributed by atoms with Crippen LogP contribution in [0.2, 0.25) is 0 Å². The number of hydrogen-bond donors (Lipinski definition) is 2. The Kier molecular flexibility index (Phi) is 4.82. The van der Waals surface area contributed by atoms with Crippen molar-refractivity contribution < 1.29 is 4.79 Å². The molecule has 22 heavy (non-hydrogen) atoms. The van der Waals surface area contributed by atoms with Gasteiger partial charge in [0.2, 0.25) is 0 Å². The second kappa shape index (κ2) is 6.62. The van der Waals surface area contributed by atoms with E-state index in [1.165, 1.54) is 5.92 Å². The molecule has 0 unspecified atom stereocenters. The van der Waals surface area contributed by atoms with E-state index in [-0.39, 0.29) is 5.91 Å². The predicted octanol–water partition coefficient (Wildman–Crippen LogP) is 1.95. The van der Waals surface area contributed by atoms with Gasteiger partial charge in [0.25, 0.3) is 5.91 Å². The number of rotatable bonds is 5. The number of nitrogens with one attached hydrogen (secondary N) is 1. The van der Waals surface area contributed by atoms with Crippen LogP contribution in [0.3, 0.4) is 0 Å². The maximum Gasteiger partial charge on any atom is 0.286 e. The fourth-order valence-corrected chi connectivity index (χ4v) is 2.23. The SMILES string of the molecule is C[C](C)CN(C)NC(=O)c1nn(-c2ccccc2)c(N)c1C. The molecule has 6 heteroatoms. The van der Waals surface area contributed by atoms with Gasteiger partial charge in [-0.2, -0.15) is 5.10 Å². The van der Waals surface area contributed by atoms with Crippen molar-refractivity contribution in [3.63, 3.8) is 0 Å². The topological polar surface area (TPSA) is 76.2 Å². The fraction of sp³-hybridized carbons (Fsp3) is 0.312. The molecule has 1 heterocycles. The number of carbonyl (C=O) groups excluding carboxylic acids is 1. The van der Waals surface area contributed by atoms with Gasteiger partial charge in [-0.05, 0) is 25.0 Å². The van der Waals surface area contributed by atoms with Crippen LogP contribution in [0.1, 0.15) is 29.9 Å². The first kappa shape index (κ1) is 16.0. The first-order valence-electron chi connectivity index (χ1n) is 7.11. The Morgan fingerprint density at radius 3 is 2.55 bits per heavy atom. The summed E-state index contributed by atoms with van der Waals surface area (Å²) in [6.45, 7) is 6.50. The molecule has 0 spiro atoms. The molecular formula is C16H22N5O. The van der Waals surface area contributed by atoms with Gasteiger partial charge in [-0.1, -0.05) is 32.0 Å². The van der Waals surface area contributed by atoms with Gasteiger partial charge in [0.15, 0.2) is 5.69 Å². The van der Waals surface area contributed by atoms with Crippen LogP contribution in [0.5, 0.6) is 0 Å². The van der Waals surface area contributed by atoms with Crippen molar-refractivity contribution in [2.75, 3.05) is 19.3 Å². The fourth-order valence-electron chi connectivity index (χ4n) is 2.23. The Labute approximate surface area is 130 Å². The lowest BCUT2D eigenvalue weighted by atomic mass is 10.2. The van der Waals surface area contributed by atoms with Gasteiger partial charge in [-0.15, -0.1) is 0 Å². The van der Waals surface area contributed by atoms with E-state index >= 15 is 0 Å². The van der Waals surface area contributed by atoms with Crippen LogP contribution in [-0.2, 0) is 0 Å². The maximum absolute atomic E-state index is 12.4. The molecule has 0 saturated heterocycles. The third kappa shape index (κ3) is 3.46. The molecule has 2 rings (SSSR count). The first-order chi connectivity index (χ1) is 10.4. The molecule has 1 radical (unpaired) electrons. The Morgan fingerprint density at radius 2 is 1.95 bits per heavy atom. The number of nitrogens with two attached hydrogens (primary N) is 1. The largest absolute Gasteiger partial charge is 0.383 e. The van der Waals surface area contributed by atoms with Gasteiger partial charge in [0.1, 0.15) is 5.82 Å². The molecule has 117 valence electrons. The van der Waals surface area contributed by atoms with Crippen LogP contribution in [0.15, 0.2) is 30.3 Å². The van der Waals surface area contributed by atoms with Gasteiger partial charge in [-0.25, -0.2) is 9.69 Å². The number of anilines is 1. The van der Waals surface area contributed by atoms with Gasteiger partial charge < -0.3 is 5.73 Å². The van der Waals surface area contributed by atoms with E-state index < -0.39 is 0 Å². The number of aromatic nitrogens is 2. The first-order valence-corrected chi connectivity index (χ1v) is 7.11. The van der Waals surface area contributed by atoms with Crippen LogP contribution in [0.4, 0.5) is 5.82 Å². The Hall–Kier alpha value is -2.34. The van der Waals surface area contributed by atoms with Crippen molar-refractivity contribution in [2.24, 2.45) is 0 Å². The molecule has 0 saturated carbocycles. The predicted molar refractivity (Wildman–Crippen MR) is 87.4 cm³/mol. The molecule has 0 aliphatic rings. The van der Waals surface area contributed by atoms with E-state index in [1.807, 2.05) is 51.2 Å². The minimum atomic E-state index is -0.261. The Morgan fingerprint density at radius 1 is 1.32 bits per heavy atom. The maximum atomic E-state index is 12.4. The number of para-hydroxylation sites is 1. The summed E-state index contributed by atoms with van der Waals surface area (Å²) in [7, 11) is 1.82. The van der Waals surface area contributed by atoms with E-state index in [2.05, 4.69) is 10.5 Å². The van der Waals surface area contributed by atoms with E-state index in [0.29, 0.717) is 23.6 Å². The molecule has 0 aliphatic carbocycles. The van der Waals surface area contributed by atoms with Gasteiger partial charge >= 0.3 is 0 Å². The van der Waals surface area contributed by atoms with E-state index in [0.717, 1.165) is 5.69 Å². The van der Waals surface area contributed by atoms with Gasteiger partial charge in [0.05, 0.1) is 5.69 Å². The summed E-state index contributed by atoms with van der Waals surface area (Å²) in [5.41, 5.74) is 10.7. The van der Waals surface area contributed by atoms with Crippen LogP contribution in [0.25, 0.3) is 5.69 Å². The number of nitrogens with zero attached hydrogens (tertiary/aromatic N) is 3. The molecule has 1 aromatic carbocycles. The number of nitrogen functional groups attached to an aromatic ring is 1. The monoisotopic (exact) mass is 300 g/mol. The summed E-state index contributed by atoms with van der Waals surface area (Å²) in [6.07, 6.45) is 0. The average molecular weight is 300 g/mol. The zero-order valence-corrected chi connectivity index (χ0v) is 13.4. The smallest absolute Gasteiger partial charge is 0.286 e. The van der Waals surface area contributed by atoms with Crippen LogP contribution >= 0.6 is 0 Å². The zero-order valence-electron chi connectivity index (χ0n) is 13.4. The highest BCUT2D eigenvalue weighted by atomic mass is 16.2. The molecule has 1 aromatic heterocycles. The molecule has 6 nitrogen and oxygen atoms in total. The molecule has 2 aromatic rings. The van der Waals surface area contributed by atoms with E-state index in [9.17, 15) is 4.79 Å². The highest BCUT2D eigenvalue weighted by Gasteiger charge is 2.20. The van der Waals surface area contributed by atoms with Crippen molar-refractivity contribution in [1.82, 2.24) is 20.2 Å². The Balaban J connectivity index is 2.24. The standard InChI is InChI=1S/C16H22N5O/c1-11(2)10-20(4)19-16(22)14-12(3)15(17)21(18-14)13-8-6-5-7-9-13/h5-9H,10,17H2,1-4H3,(H,19,22). The van der Waals surface area contributed by atoms with Crippen molar-refractivity contribution in [1.29, 1.82) is 0 Å². The van der Waals surface area contributed by atoms with Crippen molar-refractivity contribution in [3.8, 4) is 5.69 Å². The summed E-state index contributed by atoms with van der Waals surface area (Å²) in [6, 6.07) is 9.51. The molecule has 0 aliphatic heterocycles. The van der Waals surface area contributed by atoms with Crippen molar-refractivity contribution in [2.45, 2.75) is 20.8 Å². The van der Waals surface area contributed by atoms with Crippen molar-refractivity contribution in [3.05, 3.63) is 47.5 Å². The summed E-state index contributed by atoms with van der Waals surface area (Å²) in [4.78, 5) is 12.4. The van der Waals surface area contributed by atoms with Crippen molar-refractivity contribution >= 4 is 11.7 Å². The van der Waals surface area contributed by atoms with Crippen LogP contribution in [-0.4, -0.2) is 34.3 Å². The molecular weight excluding hydrogens is 278 g/mol. The molecule has 0 bridgehead atoms. The van der Waals surface area contributed by atoms with Crippen LogP contribution in [0, 0.1) is 12.8 Å². The number of carbonyl (C=O) groups is 1. The zero-order chi connectivity index (χ0) is 16.3. The van der Waals surface area contributed by atoms with E-state index in [1.54, 1.807) is 16.6 Å². The average Bonchev–Trinajstić information content (AvgIpc) is 2.75.